The highest BCUT2D eigenvalue weighted by Crippen LogP contribution is 2.35. The summed E-state index contributed by atoms with van der Waals surface area (Å²) in [7, 11) is 2.26. The summed E-state index contributed by atoms with van der Waals surface area (Å²) in [6.07, 6.45) is 6.60. The minimum absolute atomic E-state index is 0.00920. The highest BCUT2D eigenvalue weighted by atomic mass is 19.1. The molecule has 0 bridgehead atoms. The van der Waals surface area contributed by atoms with Gasteiger partial charge in [0.25, 0.3) is 5.91 Å². The summed E-state index contributed by atoms with van der Waals surface area (Å²) in [6, 6.07) is 15.4. The van der Waals surface area contributed by atoms with E-state index in [0.717, 1.165) is 19.6 Å². The topological polar surface area (TPSA) is 23.6 Å². The number of rotatable bonds is 5. The first-order chi connectivity index (χ1) is 14.5. The number of nitrogens with zero attached hydrogens (tertiary/aromatic N) is 2. The first-order valence-electron chi connectivity index (χ1n) is 11.3. The lowest BCUT2D eigenvalue weighted by atomic mass is 9.87. The number of amides is 1. The summed E-state index contributed by atoms with van der Waals surface area (Å²) in [5, 5.41) is 0. The highest BCUT2D eigenvalue weighted by molar-refractivity contribution is 5.94. The maximum absolute atomic E-state index is 13.3. The molecule has 2 atom stereocenters. The SMILES string of the molecule is Cc1ccc([C@H]2CN(C(=O)c3ccc(F)cc3)C[C@H]2CN(C)C2CCCCC2)cc1. The Labute approximate surface area is 179 Å². The van der Waals surface area contributed by atoms with Gasteiger partial charge >= 0.3 is 0 Å². The van der Waals surface area contributed by atoms with Gasteiger partial charge in [-0.1, -0.05) is 49.1 Å². The zero-order valence-electron chi connectivity index (χ0n) is 18.2. The second kappa shape index (κ2) is 9.30. The van der Waals surface area contributed by atoms with E-state index in [2.05, 4.69) is 43.1 Å². The molecule has 1 amide bonds. The van der Waals surface area contributed by atoms with E-state index in [1.807, 2.05) is 4.90 Å². The smallest absolute Gasteiger partial charge is 0.253 e. The fourth-order valence-electron chi connectivity index (χ4n) is 5.23. The summed E-state index contributed by atoms with van der Waals surface area (Å²) in [5.41, 5.74) is 3.14. The van der Waals surface area contributed by atoms with E-state index >= 15 is 0 Å². The molecule has 30 heavy (non-hydrogen) atoms. The van der Waals surface area contributed by atoms with E-state index < -0.39 is 0 Å². The van der Waals surface area contributed by atoms with Crippen LogP contribution in [-0.2, 0) is 0 Å². The molecule has 1 saturated heterocycles. The van der Waals surface area contributed by atoms with E-state index in [4.69, 9.17) is 0 Å². The van der Waals surface area contributed by atoms with E-state index in [9.17, 15) is 9.18 Å². The van der Waals surface area contributed by atoms with Crippen LogP contribution >= 0.6 is 0 Å². The number of carbonyl (C=O) groups excluding carboxylic acids is 1. The van der Waals surface area contributed by atoms with Crippen molar-refractivity contribution in [3.8, 4) is 0 Å². The number of benzene rings is 2. The summed E-state index contributed by atoms with van der Waals surface area (Å²) < 4.78 is 13.3. The van der Waals surface area contributed by atoms with Crippen LogP contribution in [0.15, 0.2) is 48.5 Å². The Morgan fingerprint density at radius 3 is 2.33 bits per heavy atom. The summed E-state index contributed by atoms with van der Waals surface area (Å²) in [5.74, 6) is 0.442. The maximum Gasteiger partial charge on any atom is 0.253 e. The number of likely N-dealkylation sites (tertiary alicyclic amines) is 1. The lowest BCUT2D eigenvalue weighted by Crippen LogP contribution is -2.38. The first-order valence-corrected chi connectivity index (χ1v) is 11.3. The van der Waals surface area contributed by atoms with Crippen molar-refractivity contribution in [2.45, 2.75) is 51.0 Å². The molecule has 2 aromatic rings. The molecular formula is C26H33FN2O. The van der Waals surface area contributed by atoms with Gasteiger partial charge in [0.2, 0.25) is 0 Å². The Morgan fingerprint density at radius 1 is 1.00 bits per heavy atom. The number of hydrogen-bond acceptors (Lipinski definition) is 2. The Morgan fingerprint density at radius 2 is 1.67 bits per heavy atom. The summed E-state index contributed by atoms with van der Waals surface area (Å²) in [6.45, 7) is 4.60. The number of carbonyl (C=O) groups is 1. The van der Waals surface area contributed by atoms with Crippen LogP contribution in [0.4, 0.5) is 4.39 Å². The summed E-state index contributed by atoms with van der Waals surface area (Å²) >= 11 is 0. The third-order valence-electron chi connectivity index (χ3n) is 7.05. The van der Waals surface area contributed by atoms with Gasteiger partial charge in [0.1, 0.15) is 5.82 Å². The van der Waals surface area contributed by atoms with Crippen LogP contribution in [0, 0.1) is 18.7 Å². The van der Waals surface area contributed by atoms with Crippen molar-refractivity contribution in [2.24, 2.45) is 5.92 Å². The normalized spacial score (nSPS) is 22.6. The second-order valence-corrected chi connectivity index (χ2v) is 9.23. The molecule has 2 fully saturated rings. The molecule has 1 aliphatic carbocycles. The van der Waals surface area contributed by atoms with Gasteiger partial charge in [0.15, 0.2) is 0 Å². The van der Waals surface area contributed by atoms with Crippen LogP contribution in [0.2, 0.25) is 0 Å². The third kappa shape index (κ3) is 4.75. The Kier molecular flexibility index (Phi) is 6.52. The largest absolute Gasteiger partial charge is 0.338 e. The van der Waals surface area contributed by atoms with Gasteiger partial charge in [-0.15, -0.1) is 0 Å². The van der Waals surface area contributed by atoms with Crippen LogP contribution in [-0.4, -0.2) is 48.4 Å². The van der Waals surface area contributed by atoms with Crippen molar-refractivity contribution < 1.29 is 9.18 Å². The highest BCUT2D eigenvalue weighted by Gasteiger charge is 2.37. The molecule has 0 unspecified atom stereocenters. The van der Waals surface area contributed by atoms with Crippen molar-refractivity contribution in [2.75, 3.05) is 26.7 Å². The maximum atomic E-state index is 13.3. The van der Waals surface area contributed by atoms with Crippen LogP contribution in [0.3, 0.4) is 0 Å². The monoisotopic (exact) mass is 408 g/mol. The van der Waals surface area contributed by atoms with Crippen molar-refractivity contribution in [3.63, 3.8) is 0 Å². The van der Waals surface area contributed by atoms with E-state index in [1.165, 1.54) is 55.4 Å². The van der Waals surface area contributed by atoms with Crippen molar-refractivity contribution in [1.82, 2.24) is 9.80 Å². The zero-order valence-corrected chi connectivity index (χ0v) is 18.2. The molecule has 4 rings (SSSR count). The minimum atomic E-state index is -0.308. The van der Waals surface area contributed by atoms with E-state index in [1.54, 1.807) is 12.1 Å². The molecule has 2 aliphatic rings. The molecule has 2 aromatic carbocycles. The molecule has 0 aromatic heterocycles. The average Bonchev–Trinajstić information content (AvgIpc) is 3.18. The van der Waals surface area contributed by atoms with Crippen LogP contribution < -0.4 is 0 Å². The van der Waals surface area contributed by atoms with Crippen LogP contribution in [0.1, 0.15) is 59.5 Å². The molecular weight excluding hydrogens is 375 g/mol. The van der Waals surface area contributed by atoms with Crippen LogP contribution in [0.25, 0.3) is 0 Å². The second-order valence-electron chi connectivity index (χ2n) is 9.23. The molecule has 1 heterocycles. The molecule has 0 radical (unpaired) electrons. The third-order valence-corrected chi connectivity index (χ3v) is 7.05. The van der Waals surface area contributed by atoms with Gasteiger partial charge in [-0.25, -0.2) is 4.39 Å². The van der Waals surface area contributed by atoms with Crippen molar-refractivity contribution in [1.29, 1.82) is 0 Å². The van der Waals surface area contributed by atoms with E-state index in [-0.39, 0.29) is 11.7 Å². The fraction of sp³-hybridized carbons (Fsp3) is 0.500. The predicted molar refractivity (Wildman–Crippen MR) is 119 cm³/mol. The van der Waals surface area contributed by atoms with Crippen molar-refractivity contribution in [3.05, 3.63) is 71.0 Å². The quantitative estimate of drug-likeness (QED) is 0.674. The van der Waals surface area contributed by atoms with Gasteiger partial charge in [0.05, 0.1) is 0 Å². The first kappa shape index (κ1) is 21.0. The van der Waals surface area contributed by atoms with Gasteiger partial charge < -0.3 is 9.80 Å². The number of hydrogen-bond donors (Lipinski definition) is 0. The average molecular weight is 409 g/mol. The standard InChI is InChI=1S/C26H33FN2O/c1-19-8-10-20(11-9-19)25-18-29(26(30)21-12-14-23(27)15-13-21)17-22(25)16-28(2)24-6-4-3-5-7-24/h8-15,22,24-25H,3-7,16-18H2,1-2H3/t22-,25-/m1/s1. The van der Waals surface area contributed by atoms with Gasteiger partial charge in [-0.3, -0.25) is 4.79 Å². The molecule has 160 valence electrons. The molecule has 1 saturated carbocycles. The van der Waals surface area contributed by atoms with Gasteiger partial charge in [-0.2, -0.15) is 0 Å². The molecule has 0 N–H and O–H groups in total. The Hall–Kier alpha value is -2.20. The fourth-order valence-corrected chi connectivity index (χ4v) is 5.23. The molecule has 3 nitrogen and oxygen atoms in total. The molecule has 0 spiro atoms. The molecule has 1 aliphatic heterocycles. The number of halogens is 1. The van der Waals surface area contributed by atoms with E-state index in [0.29, 0.717) is 23.4 Å². The predicted octanol–water partition coefficient (Wildman–Crippen LogP) is 5.25. The number of aryl methyl sites for hydroxylation is 1. The van der Waals surface area contributed by atoms with Gasteiger partial charge in [0, 0.05) is 37.2 Å². The summed E-state index contributed by atoms with van der Waals surface area (Å²) in [4.78, 5) is 17.6. The minimum Gasteiger partial charge on any atom is -0.338 e. The van der Waals surface area contributed by atoms with Gasteiger partial charge in [-0.05, 0) is 62.6 Å². The Balaban J connectivity index is 1.52. The van der Waals surface area contributed by atoms with Crippen LogP contribution in [0.5, 0.6) is 0 Å². The lowest BCUT2D eigenvalue weighted by molar-refractivity contribution is 0.0780. The molecule has 4 heteroatoms. The zero-order chi connectivity index (χ0) is 21.1. The Bertz CT molecular complexity index is 842. The van der Waals surface area contributed by atoms with Crippen molar-refractivity contribution >= 4 is 5.91 Å². The lowest BCUT2D eigenvalue weighted by Gasteiger charge is -2.34.